The first-order valence-corrected chi connectivity index (χ1v) is 11.4. The number of hydrogen-bond donors (Lipinski definition) is 1. The standard InChI is InChI=1S/C27H28F2N2O3/c28-24-3-1-2-21(16-24)17-27(32)30-19-20-4-6-22(7-5-20)23-8-9-26(25(29)18-23)34-15-12-31-10-13-33-14-11-31/h1-9,16,18H,10-15,17,19H2,(H,30,32). The quantitative estimate of drug-likeness (QED) is 0.514. The predicted molar refractivity (Wildman–Crippen MR) is 127 cm³/mol. The average molecular weight is 467 g/mol. The summed E-state index contributed by atoms with van der Waals surface area (Å²) in [5, 5.41) is 2.84. The molecule has 0 aliphatic carbocycles. The smallest absolute Gasteiger partial charge is 0.224 e. The van der Waals surface area contributed by atoms with Crippen LogP contribution in [-0.4, -0.2) is 50.3 Å². The van der Waals surface area contributed by atoms with Crippen LogP contribution in [0.2, 0.25) is 0 Å². The molecule has 0 saturated carbocycles. The van der Waals surface area contributed by atoms with Crippen LogP contribution in [0.5, 0.6) is 5.75 Å². The molecule has 0 radical (unpaired) electrons. The van der Waals surface area contributed by atoms with Crippen molar-refractivity contribution in [3.05, 3.63) is 89.5 Å². The molecule has 3 aromatic carbocycles. The first-order valence-electron chi connectivity index (χ1n) is 11.4. The second kappa shape index (κ2) is 11.7. The Morgan fingerprint density at radius 3 is 2.44 bits per heavy atom. The van der Waals surface area contributed by atoms with Gasteiger partial charge in [-0.3, -0.25) is 9.69 Å². The minimum atomic E-state index is -0.395. The lowest BCUT2D eigenvalue weighted by Gasteiger charge is -2.26. The van der Waals surface area contributed by atoms with Crippen LogP contribution in [0, 0.1) is 11.6 Å². The highest BCUT2D eigenvalue weighted by Gasteiger charge is 2.11. The van der Waals surface area contributed by atoms with Crippen molar-refractivity contribution in [3.63, 3.8) is 0 Å². The summed E-state index contributed by atoms with van der Waals surface area (Å²) in [6, 6.07) is 18.5. The van der Waals surface area contributed by atoms with Crippen molar-refractivity contribution in [2.45, 2.75) is 13.0 Å². The zero-order valence-electron chi connectivity index (χ0n) is 18.9. The third kappa shape index (κ3) is 6.85. The predicted octanol–water partition coefficient (Wildman–Crippen LogP) is 4.20. The van der Waals surface area contributed by atoms with Crippen molar-refractivity contribution in [2.24, 2.45) is 0 Å². The Bertz CT molecular complexity index is 1100. The van der Waals surface area contributed by atoms with Crippen LogP contribution in [0.25, 0.3) is 11.1 Å². The molecule has 1 fully saturated rings. The van der Waals surface area contributed by atoms with E-state index in [1.807, 2.05) is 30.3 Å². The van der Waals surface area contributed by atoms with Gasteiger partial charge >= 0.3 is 0 Å². The largest absolute Gasteiger partial charge is 0.489 e. The van der Waals surface area contributed by atoms with E-state index in [0.717, 1.165) is 49.5 Å². The van der Waals surface area contributed by atoms with Gasteiger partial charge in [0.05, 0.1) is 19.6 Å². The molecule has 0 unspecified atom stereocenters. The summed E-state index contributed by atoms with van der Waals surface area (Å²) in [5.41, 5.74) is 3.16. The van der Waals surface area contributed by atoms with Crippen LogP contribution in [0.15, 0.2) is 66.7 Å². The Labute approximate surface area is 198 Å². The van der Waals surface area contributed by atoms with Crippen molar-refractivity contribution in [1.82, 2.24) is 10.2 Å². The van der Waals surface area contributed by atoms with Gasteiger partial charge in [0.1, 0.15) is 12.4 Å². The second-order valence-corrected chi connectivity index (χ2v) is 8.23. The van der Waals surface area contributed by atoms with Gasteiger partial charge < -0.3 is 14.8 Å². The number of carbonyl (C=O) groups excluding carboxylic acids is 1. The van der Waals surface area contributed by atoms with Gasteiger partial charge in [0.15, 0.2) is 11.6 Å². The van der Waals surface area contributed by atoms with E-state index in [-0.39, 0.29) is 23.9 Å². The molecule has 1 amide bonds. The lowest BCUT2D eigenvalue weighted by atomic mass is 10.0. The summed E-state index contributed by atoms with van der Waals surface area (Å²) in [5.74, 6) is -0.686. The van der Waals surface area contributed by atoms with Crippen molar-refractivity contribution in [2.75, 3.05) is 39.5 Å². The number of nitrogens with one attached hydrogen (secondary N) is 1. The maximum absolute atomic E-state index is 14.6. The molecule has 0 spiro atoms. The van der Waals surface area contributed by atoms with Crippen molar-refractivity contribution in [3.8, 4) is 16.9 Å². The number of amides is 1. The van der Waals surface area contributed by atoms with Crippen LogP contribution in [0.4, 0.5) is 8.78 Å². The van der Waals surface area contributed by atoms with E-state index in [2.05, 4.69) is 10.2 Å². The van der Waals surface area contributed by atoms with Crippen LogP contribution < -0.4 is 10.1 Å². The monoisotopic (exact) mass is 466 g/mol. The molecule has 1 aliphatic heterocycles. The van der Waals surface area contributed by atoms with E-state index in [0.29, 0.717) is 18.7 Å². The minimum Gasteiger partial charge on any atom is -0.489 e. The number of morpholine rings is 1. The molecule has 1 heterocycles. The molecule has 1 saturated heterocycles. The fraction of sp³-hybridized carbons (Fsp3) is 0.296. The van der Waals surface area contributed by atoms with Gasteiger partial charge in [-0.05, 0) is 46.5 Å². The fourth-order valence-electron chi connectivity index (χ4n) is 3.82. The van der Waals surface area contributed by atoms with E-state index in [9.17, 15) is 13.6 Å². The molecule has 4 rings (SSSR count). The normalized spacial score (nSPS) is 14.1. The Kier molecular flexibility index (Phi) is 8.22. The van der Waals surface area contributed by atoms with Gasteiger partial charge in [-0.2, -0.15) is 0 Å². The summed E-state index contributed by atoms with van der Waals surface area (Å²) in [7, 11) is 0. The van der Waals surface area contributed by atoms with Gasteiger partial charge in [-0.15, -0.1) is 0 Å². The number of carbonyl (C=O) groups is 1. The molecule has 0 bridgehead atoms. The maximum Gasteiger partial charge on any atom is 0.224 e. The molecule has 1 N–H and O–H groups in total. The Morgan fingerprint density at radius 1 is 0.941 bits per heavy atom. The Morgan fingerprint density at radius 2 is 1.71 bits per heavy atom. The van der Waals surface area contributed by atoms with E-state index in [1.54, 1.807) is 18.2 Å². The highest BCUT2D eigenvalue weighted by Crippen LogP contribution is 2.26. The minimum absolute atomic E-state index is 0.121. The summed E-state index contributed by atoms with van der Waals surface area (Å²) < 4.78 is 38.8. The molecule has 5 nitrogen and oxygen atoms in total. The zero-order valence-corrected chi connectivity index (χ0v) is 18.9. The Hall–Kier alpha value is -3.29. The van der Waals surface area contributed by atoms with Gasteiger partial charge in [0, 0.05) is 26.2 Å². The average Bonchev–Trinajstić information content (AvgIpc) is 2.85. The lowest BCUT2D eigenvalue weighted by molar-refractivity contribution is -0.120. The van der Waals surface area contributed by atoms with Crippen molar-refractivity contribution < 1.29 is 23.0 Å². The van der Waals surface area contributed by atoms with Crippen LogP contribution in [0.3, 0.4) is 0 Å². The van der Waals surface area contributed by atoms with E-state index in [4.69, 9.17) is 9.47 Å². The number of benzene rings is 3. The summed E-state index contributed by atoms with van der Waals surface area (Å²) in [6.07, 6.45) is 0.121. The molecule has 34 heavy (non-hydrogen) atoms. The van der Waals surface area contributed by atoms with Gasteiger partial charge in [0.2, 0.25) is 5.91 Å². The van der Waals surface area contributed by atoms with E-state index >= 15 is 0 Å². The van der Waals surface area contributed by atoms with Gasteiger partial charge in [0.25, 0.3) is 0 Å². The first-order chi connectivity index (χ1) is 16.6. The molecule has 178 valence electrons. The molecular weight excluding hydrogens is 438 g/mol. The molecular formula is C27H28F2N2O3. The molecule has 1 aliphatic rings. The maximum atomic E-state index is 14.6. The number of nitrogens with zero attached hydrogens (tertiary/aromatic N) is 1. The van der Waals surface area contributed by atoms with Gasteiger partial charge in [-0.1, -0.05) is 42.5 Å². The van der Waals surface area contributed by atoms with Crippen molar-refractivity contribution >= 4 is 5.91 Å². The molecule has 7 heteroatoms. The number of hydrogen-bond acceptors (Lipinski definition) is 4. The topological polar surface area (TPSA) is 50.8 Å². The van der Waals surface area contributed by atoms with E-state index < -0.39 is 5.82 Å². The fourth-order valence-corrected chi connectivity index (χ4v) is 3.82. The number of ether oxygens (including phenoxy) is 2. The van der Waals surface area contributed by atoms with Gasteiger partial charge in [-0.25, -0.2) is 8.78 Å². The molecule has 0 atom stereocenters. The van der Waals surface area contributed by atoms with Crippen LogP contribution in [-0.2, 0) is 22.5 Å². The number of rotatable bonds is 9. The molecule has 3 aromatic rings. The Balaban J connectivity index is 1.27. The highest BCUT2D eigenvalue weighted by molar-refractivity contribution is 5.78. The third-order valence-electron chi connectivity index (χ3n) is 5.73. The molecule has 0 aromatic heterocycles. The van der Waals surface area contributed by atoms with Crippen molar-refractivity contribution in [1.29, 1.82) is 0 Å². The SMILES string of the molecule is O=C(Cc1cccc(F)c1)NCc1ccc(-c2ccc(OCCN3CCOCC3)c(F)c2)cc1. The number of halogens is 2. The highest BCUT2D eigenvalue weighted by atomic mass is 19.1. The van der Waals surface area contributed by atoms with Crippen LogP contribution in [0.1, 0.15) is 11.1 Å². The summed E-state index contributed by atoms with van der Waals surface area (Å²) >= 11 is 0. The third-order valence-corrected chi connectivity index (χ3v) is 5.73. The lowest BCUT2D eigenvalue weighted by Crippen LogP contribution is -2.38. The zero-order chi connectivity index (χ0) is 23.8. The van der Waals surface area contributed by atoms with E-state index in [1.165, 1.54) is 18.2 Å². The second-order valence-electron chi connectivity index (χ2n) is 8.23. The first kappa shape index (κ1) is 23.9. The summed E-state index contributed by atoms with van der Waals surface area (Å²) in [6.45, 7) is 4.72. The summed E-state index contributed by atoms with van der Waals surface area (Å²) in [4.78, 5) is 14.4. The van der Waals surface area contributed by atoms with Crippen LogP contribution >= 0.6 is 0 Å².